The third-order valence-electron chi connectivity index (χ3n) is 2.32. The van der Waals surface area contributed by atoms with E-state index in [0.29, 0.717) is 0 Å². The summed E-state index contributed by atoms with van der Waals surface area (Å²) in [4.78, 5) is 3.15. The minimum Gasteiger partial charge on any atom is -0.389 e. The second-order valence-electron chi connectivity index (χ2n) is 3.47. The summed E-state index contributed by atoms with van der Waals surface area (Å²) in [5.74, 6) is 0. The van der Waals surface area contributed by atoms with Gasteiger partial charge in [-0.15, -0.1) is 0 Å². The fourth-order valence-electron chi connectivity index (χ4n) is 1.61. The Bertz CT molecular complexity index is 429. The maximum atomic E-state index is 9.46. The molecular formula is C11H13NO. The van der Waals surface area contributed by atoms with E-state index < -0.39 is 6.10 Å². The molecule has 0 amide bonds. The molecule has 1 heterocycles. The smallest absolute Gasteiger partial charge is 0.0782 e. The maximum Gasteiger partial charge on any atom is 0.0782 e. The van der Waals surface area contributed by atoms with Crippen LogP contribution in [0.25, 0.3) is 10.9 Å². The van der Waals surface area contributed by atoms with Gasteiger partial charge in [0.05, 0.1) is 6.10 Å². The maximum absolute atomic E-state index is 9.46. The molecular weight excluding hydrogens is 162 g/mol. The predicted molar refractivity (Wildman–Crippen MR) is 53.7 cm³/mol. The summed E-state index contributed by atoms with van der Waals surface area (Å²) in [5.41, 5.74) is 3.29. The van der Waals surface area contributed by atoms with Gasteiger partial charge in [0.15, 0.2) is 0 Å². The Hall–Kier alpha value is -1.28. The molecule has 0 aliphatic rings. The summed E-state index contributed by atoms with van der Waals surface area (Å²) in [5, 5.41) is 10.6. The number of aliphatic hydroxyl groups excluding tert-OH is 1. The van der Waals surface area contributed by atoms with Crippen molar-refractivity contribution in [1.29, 1.82) is 0 Å². The van der Waals surface area contributed by atoms with Gasteiger partial charge < -0.3 is 10.1 Å². The first-order valence-corrected chi connectivity index (χ1v) is 4.44. The van der Waals surface area contributed by atoms with Gasteiger partial charge in [-0.2, -0.15) is 0 Å². The summed E-state index contributed by atoms with van der Waals surface area (Å²) < 4.78 is 0. The van der Waals surface area contributed by atoms with Crippen molar-refractivity contribution < 1.29 is 5.11 Å². The molecule has 2 N–H and O–H groups in total. The van der Waals surface area contributed by atoms with Crippen molar-refractivity contribution >= 4 is 10.9 Å². The molecule has 13 heavy (non-hydrogen) atoms. The van der Waals surface area contributed by atoms with Crippen molar-refractivity contribution in [3.8, 4) is 0 Å². The first kappa shape index (κ1) is 8.32. The molecule has 0 aliphatic heterocycles. The molecule has 1 aromatic heterocycles. The second kappa shape index (κ2) is 2.89. The van der Waals surface area contributed by atoms with E-state index in [-0.39, 0.29) is 0 Å². The largest absolute Gasteiger partial charge is 0.389 e. The van der Waals surface area contributed by atoms with Crippen LogP contribution in [0.3, 0.4) is 0 Å². The highest BCUT2D eigenvalue weighted by Gasteiger charge is 2.07. The van der Waals surface area contributed by atoms with Gasteiger partial charge in [0, 0.05) is 22.7 Å². The Balaban J connectivity index is 2.69. The SMILES string of the molecule is Cc1ccc2c([C@H](C)O)c[nH]c2c1. The topological polar surface area (TPSA) is 36.0 Å². The van der Waals surface area contributed by atoms with Crippen LogP contribution in [-0.2, 0) is 0 Å². The number of benzene rings is 1. The lowest BCUT2D eigenvalue weighted by Gasteiger charge is -2.01. The van der Waals surface area contributed by atoms with Crippen LogP contribution in [0.4, 0.5) is 0 Å². The average Bonchev–Trinajstić information content (AvgIpc) is 2.46. The molecule has 1 atom stereocenters. The van der Waals surface area contributed by atoms with E-state index in [0.717, 1.165) is 16.5 Å². The number of aromatic amines is 1. The quantitative estimate of drug-likeness (QED) is 0.686. The van der Waals surface area contributed by atoms with Gasteiger partial charge in [-0.25, -0.2) is 0 Å². The molecule has 2 nitrogen and oxygen atoms in total. The molecule has 0 saturated heterocycles. The van der Waals surface area contributed by atoms with Crippen LogP contribution >= 0.6 is 0 Å². The Morgan fingerprint density at radius 1 is 1.38 bits per heavy atom. The minimum atomic E-state index is -0.406. The number of aromatic nitrogens is 1. The molecule has 2 aromatic rings. The first-order valence-electron chi connectivity index (χ1n) is 4.44. The van der Waals surface area contributed by atoms with Crippen molar-refractivity contribution in [3.63, 3.8) is 0 Å². The molecule has 2 heteroatoms. The van der Waals surface area contributed by atoms with Crippen LogP contribution in [0.1, 0.15) is 24.2 Å². The molecule has 0 spiro atoms. The molecule has 0 fully saturated rings. The number of hydrogen-bond donors (Lipinski definition) is 2. The van der Waals surface area contributed by atoms with Crippen LogP contribution in [-0.4, -0.2) is 10.1 Å². The zero-order chi connectivity index (χ0) is 9.42. The number of nitrogens with one attached hydrogen (secondary N) is 1. The van der Waals surface area contributed by atoms with Gasteiger partial charge in [0.1, 0.15) is 0 Å². The highest BCUT2D eigenvalue weighted by atomic mass is 16.3. The second-order valence-corrected chi connectivity index (χ2v) is 3.47. The zero-order valence-electron chi connectivity index (χ0n) is 7.83. The minimum absolute atomic E-state index is 0.406. The van der Waals surface area contributed by atoms with E-state index in [9.17, 15) is 5.11 Å². The highest BCUT2D eigenvalue weighted by molar-refractivity contribution is 5.84. The van der Waals surface area contributed by atoms with Crippen molar-refractivity contribution in [2.75, 3.05) is 0 Å². The third-order valence-corrected chi connectivity index (χ3v) is 2.32. The number of aryl methyl sites for hydroxylation is 1. The monoisotopic (exact) mass is 175 g/mol. The van der Waals surface area contributed by atoms with Crippen LogP contribution in [0, 0.1) is 6.92 Å². The van der Waals surface area contributed by atoms with Crippen LogP contribution in [0.5, 0.6) is 0 Å². The number of aliphatic hydroxyl groups is 1. The van der Waals surface area contributed by atoms with E-state index in [1.807, 2.05) is 12.3 Å². The standard InChI is InChI=1S/C11H13NO/c1-7-3-4-9-10(8(2)13)6-12-11(9)5-7/h3-6,8,12-13H,1-2H3/t8-/m0/s1. The highest BCUT2D eigenvalue weighted by Crippen LogP contribution is 2.24. The number of H-pyrrole nitrogens is 1. The molecule has 0 radical (unpaired) electrons. The molecule has 68 valence electrons. The lowest BCUT2D eigenvalue weighted by molar-refractivity contribution is 0.201. The number of hydrogen-bond acceptors (Lipinski definition) is 1. The van der Waals surface area contributed by atoms with Gasteiger partial charge in [-0.3, -0.25) is 0 Å². The van der Waals surface area contributed by atoms with Crippen molar-refractivity contribution in [2.24, 2.45) is 0 Å². The lowest BCUT2D eigenvalue weighted by atomic mass is 10.1. The van der Waals surface area contributed by atoms with E-state index in [4.69, 9.17) is 0 Å². The third kappa shape index (κ3) is 1.33. The Morgan fingerprint density at radius 3 is 2.85 bits per heavy atom. The number of fused-ring (bicyclic) bond motifs is 1. The fraction of sp³-hybridized carbons (Fsp3) is 0.273. The molecule has 0 bridgehead atoms. The fourth-order valence-corrected chi connectivity index (χ4v) is 1.61. The molecule has 0 aliphatic carbocycles. The molecule has 1 aromatic carbocycles. The lowest BCUT2D eigenvalue weighted by Crippen LogP contribution is -1.87. The van der Waals surface area contributed by atoms with Gasteiger partial charge >= 0.3 is 0 Å². The van der Waals surface area contributed by atoms with Crippen molar-refractivity contribution in [1.82, 2.24) is 4.98 Å². The Morgan fingerprint density at radius 2 is 2.15 bits per heavy atom. The van der Waals surface area contributed by atoms with E-state index >= 15 is 0 Å². The zero-order valence-corrected chi connectivity index (χ0v) is 7.83. The Kier molecular flexibility index (Phi) is 1.85. The van der Waals surface area contributed by atoms with Gasteiger partial charge in [-0.05, 0) is 25.5 Å². The molecule has 0 unspecified atom stereocenters. The summed E-state index contributed by atoms with van der Waals surface area (Å²) in [7, 11) is 0. The summed E-state index contributed by atoms with van der Waals surface area (Å²) in [6.07, 6.45) is 1.46. The van der Waals surface area contributed by atoms with Crippen molar-refractivity contribution in [3.05, 3.63) is 35.5 Å². The van der Waals surface area contributed by atoms with Gasteiger partial charge in [-0.1, -0.05) is 12.1 Å². The van der Waals surface area contributed by atoms with Crippen LogP contribution < -0.4 is 0 Å². The van der Waals surface area contributed by atoms with Crippen LogP contribution in [0.15, 0.2) is 24.4 Å². The normalized spacial score (nSPS) is 13.5. The average molecular weight is 175 g/mol. The Labute approximate surface area is 77.2 Å². The van der Waals surface area contributed by atoms with Crippen LogP contribution in [0.2, 0.25) is 0 Å². The summed E-state index contributed by atoms with van der Waals surface area (Å²) in [6, 6.07) is 6.19. The number of rotatable bonds is 1. The predicted octanol–water partition coefficient (Wildman–Crippen LogP) is 2.53. The van der Waals surface area contributed by atoms with E-state index in [1.165, 1.54) is 5.56 Å². The first-order chi connectivity index (χ1) is 6.18. The summed E-state index contributed by atoms with van der Waals surface area (Å²) in [6.45, 7) is 3.84. The van der Waals surface area contributed by atoms with Gasteiger partial charge in [0.25, 0.3) is 0 Å². The molecule has 2 rings (SSSR count). The van der Waals surface area contributed by atoms with Gasteiger partial charge in [0.2, 0.25) is 0 Å². The van der Waals surface area contributed by atoms with E-state index in [2.05, 4.69) is 24.0 Å². The van der Waals surface area contributed by atoms with E-state index in [1.54, 1.807) is 6.92 Å². The van der Waals surface area contributed by atoms with Crippen molar-refractivity contribution in [2.45, 2.75) is 20.0 Å². The summed E-state index contributed by atoms with van der Waals surface area (Å²) >= 11 is 0. The molecule has 0 saturated carbocycles.